The van der Waals surface area contributed by atoms with E-state index in [2.05, 4.69) is 39.1 Å². The lowest BCUT2D eigenvalue weighted by molar-refractivity contribution is -0.0508. The smallest absolute Gasteiger partial charge is 0.106 e. The summed E-state index contributed by atoms with van der Waals surface area (Å²) < 4.78 is 12.5. The Hall–Kier alpha value is -1.23. The Bertz CT molecular complexity index is 573. The molecule has 1 aromatic heterocycles. The summed E-state index contributed by atoms with van der Waals surface area (Å²) in [5.74, 6) is 0.514. The number of aromatic nitrogens is 1. The second kappa shape index (κ2) is 7.86. The summed E-state index contributed by atoms with van der Waals surface area (Å²) in [4.78, 5) is 4.33. The average molecular weight is 362 g/mol. The average Bonchev–Trinajstić information content (AvgIpc) is 2.57. The van der Waals surface area contributed by atoms with Crippen molar-refractivity contribution in [2.24, 2.45) is 0 Å². The lowest BCUT2D eigenvalue weighted by Crippen LogP contribution is -2.28. The van der Waals surface area contributed by atoms with Crippen LogP contribution >= 0.6 is 15.9 Å². The predicted octanol–water partition coefficient (Wildman–Crippen LogP) is 4.32. The maximum atomic E-state index is 5.84. The zero-order valence-electron chi connectivity index (χ0n) is 12.5. The summed E-state index contributed by atoms with van der Waals surface area (Å²) in [6.45, 7) is 2.08. The highest BCUT2D eigenvalue weighted by Crippen LogP contribution is 2.30. The first-order valence-corrected chi connectivity index (χ1v) is 8.45. The fourth-order valence-electron chi connectivity index (χ4n) is 2.81. The van der Waals surface area contributed by atoms with E-state index in [0.29, 0.717) is 19.1 Å². The van der Waals surface area contributed by atoms with Crippen molar-refractivity contribution in [1.29, 1.82) is 0 Å². The van der Waals surface area contributed by atoms with E-state index >= 15 is 0 Å². The fourth-order valence-corrected chi connectivity index (χ4v) is 3.04. The lowest BCUT2D eigenvalue weighted by Gasteiger charge is -2.29. The molecule has 1 aliphatic rings. The molecule has 1 saturated heterocycles. The normalized spacial score (nSPS) is 21.7. The summed E-state index contributed by atoms with van der Waals surface area (Å²) in [7, 11) is 0. The van der Waals surface area contributed by atoms with Gasteiger partial charge in [-0.05, 0) is 51.9 Å². The minimum absolute atomic E-state index is 0.172. The molecule has 0 radical (unpaired) electrons. The maximum Gasteiger partial charge on any atom is 0.106 e. The number of benzene rings is 1. The molecule has 1 fully saturated rings. The largest absolute Gasteiger partial charge is 0.376 e. The molecule has 4 heteroatoms. The van der Waals surface area contributed by atoms with Crippen molar-refractivity contribution in [3.05, 3.63) is 64.4 Å². The van der Waals surface area contributed by atoms with Crippen molar-refractivity contribution < 1.29 is 9.47 Å². The molecule has 0 saturated carbocycles. The highest BCUT2D eigenvalue weighted by atomic mass is 79.9. The van der Waals surface area contributed by atoms with Crippen LogP contribution in [0, 0.1) is 0 Å². The standard InChI is InChI=1S/C18H20BrNO2/c19-18-7-6-16(11-20-18)15-8-9-22-17(10-15)13-21-12-14-4-2-1-3-5-14/h1-7,11,15,17H,8-10,12-13H2. The first-order chi connectivity index (χ1) is 10.8. The molecule has 22 heavy (non-hydrogen) atoms. The first kappa shape index (κ1) is 15.7. The van der Waals surface area contributed by atoms with Gasteiger partial charge in [-0.15, -0.1) is 0 Å². The molecule has 2 unspecified atom stereocenters. The van der Waals surface area contributed by atoms with Gasteiger partial charge in [0.25, 0.3) is 0 Å². The van der Waals surface area contributed by atoms with Crippen LogP contribution in [0.15, 0.2) is 53.3 Å². The monoisotopic (exact) mass is 361 g/mol. The number of hydrogen-bond donors (Lipinski definition) is 0. The third-order valence-electron chi connectivity index (χ3n) is 4.00. The molecule has 3 rings (SSSR count). The summed E-state index contributed by atoms with van der Waals surface area (Å²) in [5, 5.41) is 0. The van der Waals surface area contributed by atoms with E-state index in [-0.39, 0.29) is 6.10 Å². The number of halogens is 1. The van der Waals surface area contributed by atoms with E-state index in [1.807, 2.05) is 30.5 Å². The van der Waals surface area contributed by atoms with E-state index in [9.17, 15) is 0 Å². The predicted molar refractivity (Wildman–Crippen MR) is 89.8 cm³/mol. The fraction of sp³-hybridized carbons (Fsp3) is 0.389. The van der Waals surface area contributed by atoms with Crippen molar-refractivity contribution >= 4 is 15.9 Å². The molecular formula is C18H20BrNO2. The minimum Gasteiger partial charge on any atom is -0.376 e. The minimum atomic E-state index is 0.172. The van der Waals surface area contributed by atoms with E-state index in [1.54, 1.807) is 0 Å². The zero-order valence-corrected chi connectivity index (χ0v) is 14.0. The Balaban J connectivity index is 1.49. The maximum absolute atomic E-state index is 5.84. The summed E-state index contributed by atoms with van der Waals surface area (Å²) in [5.41, 5.74) is 2.49. The molecular weight excluding hydrogens is 342 g/mol. The van der Waals surface area contributed by atoms with Gasteiger partial charge in [-0.25, -0.2) is 4.98 Å². The molecule has 0 spiro atoms. The van der Waals surface area contributed by atoms with Crippen molar-refractivity contribution in [3.8, 4) is 0 Å². The van der Waals surface area contributed by atoms with Crippen molar-refractivity contribution in [2.75, 3.05) is 13.2 Å². The molecule has 116 valence electrons. The lowest BCUT2D eigenvalue weighted by atomic mass is 9.90. The third kappa shape index (κ3) is 4.38. The topological polar surface area (TPSA) is 31.4 Å². The Labute approximate surface area is 139 Å². The van der Waals surface area contributed by atoms with E-state index in [1.165, 1.54) is 11.1 Å². The van der Waals surface area contributed by atoms with Gasteiger partial charge in [-0.2, -0.15) is 0 Å². The molecule has 0 bridgehead atoms. The second-order valence-electron chi connectivity index (χ2n) is 5.63. The number of ether oxygens (including phenoxy) is 2. The van der Waals surface area contributed by atoms with Crippen molar-refractivity contribution in [1.82, 2.24) is 4.98 Å². The highest BCUT2D eigenvalue weighted by molar-refractivity contribution is 9.10. The number of pyridine rings is 1. The van der Waals surface area contributed by atoms with E-state index in [0.717, 1.165) is 24.1 Å². The quantitative estimate of drug-likeness (QED) is 0.743. The SMILES string of the molecule is Brc1ccc(C2CCOC(COCc3ccccc3)C2)cn1. The molecule has 2 atom stereocenters. The number of hydrogen-bond acceptors (Lipinski definition) is 3. The van der Waals surface area contributed by atoms with Crippen LogP contribution in [0.2, 0.25) is 0 Å². The molecule has 3 nitrogen and oxygen atoms in total. The van der Waals surface area contributed by atoms with Gasteiger partial charge in [-0.3, -0.25) is 0 Å². The van der Waals surface area contributed by atoms with Crippen LogP contribution in [0.5, 0.6) is 0 Å². The molecule has 0 N–H and O–H groups in total. The summed E-state index contributed by atoms with van der Waals surface area (Å²) in [6, 6.07) is 14.4. The van der Waals surface area contributed by atoms with Gasteiger partial charge in [0.1, 0.15) is 4.60 Å². The molecule has 2 heterocycles. The highest BCUT2D eigenvalue weighted by Gasteiger charge is 2.24. The number of nitrogens with zero attached hydrogens (tertiary/aromatic N) is 1. The Morgan fingerprint density at radius 2 is 2.05 bits per heavy atom. The van der Waals surface area contributed by atoms with Crippen LogP contribution in [0.4, 0.5) is 0 Å². The molecule has 1 aliphatic heterocycles. The Morgan fingerprint density at radius 1 is 1.18 bits per heavy atom. The van der Waals surface area contributed by atoms with Gasteiger partial charge in [0.15, 0.2) is 0 Å². The van der Waals surface area contributed by atoms with Gasteiger partial charge in [0.2, 0.25) is 0 Å². The Kier molecular flexibility index (Phi) is 5.59. The van der Waals surface area contributed by atoms with Crippen LogP contribution < -0.4 is 0 Å². The third-order valence-corrected chi connectivity index (χ3v) is 4.47. The second-order valence-corrected chi connectivity index (χ2v) is 6.44. The van der Waals surface area contributed by atoms with Crippen LogP contribution in [-0.4, -0.2) is 24.3 Å². The van der Waals surface area contributed by atoms with E-state index < -0.39 is 0 Å². The molecule has 1 aromatic carbocycles. The molecule has 2 aromatic rings. The van der Waals surface area contributed by atoms with Gasteiger partial charge in [0.05, 0.1) is 19.3 Å². The number of rotatable bonds is 5. The van der Waals surface area contributed by atoms with Gasteiger partial charge in [-0.1, -0.05) is 36.4 Å². The summed E-state index contributed by atoms with van der Waals surface area (Å²) >= 11 is 3.38. The van der Waals surface area contributed by atoms with Gasteiger partial charge >= 0.3 is 0 Å². The van der Waals surface area contributed by atoms with Crippen molar-refractivity contribution in [2.45, 2.75) is 31.5 Å². The van der Waals surface area contributed by atoms with Gasteiger partial charge < -0.3 is 9.47 Å². The Morgan fingerprint density at radius 3 is 2.82 bits per heavy atom. The van der Waals surface area contributed by atoms with Gasteiger partial charge in [0, 0.05) is 12.8 Å². The molecule has 0 aliphatic carbocycles. The van der Waals surface area contributed by atoms with Crippen LogP contribution in [-0.2, 0) is 16.1 Å². The van der Waals surface area contributed by atoms with Crippen molar-refractivity contribution in [3.63, 3.8) is 0 Å². The summed E-state index contributed by atoms with van der Waals surface area (Å²) in [6.07, 6.45) is 4.18. The first-order valence-electron chi connectivity index (χ1n) is 7.66. The van der Waals surface area contributed by atoms with Crippen LogP contribution in [0.25, 0.3) is 0 Å². The van der Waals surface area contributed by atoms with Crippen LogP contribution in [0.1, 0.15) is 29.9 Å². The zero-order chi connectivity index (χ0) is 15.2. The van der Waals surface area contributed by atoms with Crippen LogP contribution in [0.3, 0.4) is 0 Å². The van der Waals surface area contributed by atoms with E-state index in [4.69, 9.17) is 9.47 Å². The molecule has 0 amide bonds.